The minimum Gasteiger partial charge on any atom is -0.360 e. The number of aromatic nitrogens is 1. The number of carbonyl (C=O) groups is 2. The van der Waals surface area contributed by atoms with Crippen LogP contribution in [0.2, 0.25) is 5.02 Å². The third-order valence-electron chi connectivity index (χ3n) is 4.18. The number of likely N-dealkylation sites (N-methyl/N-ethyl adjacent to an activating group) is 1. The summed E-state index contributed by atoms with van der Waals surface area (Å²) in [6.07, 6.45) is 1.56. The molecule has 1 aromatic carbocycles. The highest BCUT2D eigenvalue weighted by Crippen LogP contribution is 2.49. The minimum atomic E-state index is -0.524. The Balaban J connectivity index is 1.64. The minimum absolute atomic E-state index is 0.0416. The van der Waals surface area contributed by atoms with Gasteiger partial charge in [-0.05, 0) is 37.5 Å². The van der Waals surface area contributed by atoms with E-state index in [2.05, 4.69) is 10.5 Å². The first kappa shape index (κ1) is 16.5. The molecule has 2 amide bonds. The van der Waals surface area contributed by atoms with Crippen molar-refractivity contribution in [2.45, 2.75) is 25.2 Å². The predicted molar refractivity (Wildman–Crippen MR) is 89.9 cm³/mol. The highest BCUT2D eigenvalue weighted by molar-refractivity contribution is 6.30. The molecule has 0 bridgehead atoms. The fourth-order valence-corrected chi connectivity index (χ4v) is 2.91. The second kappa shape index (κ2) is 6.28. The third kappa shape index (κ3) is 3.28. The number of hydrogen-bond acceptors (Lipinski definition) is 4. The van der Waals surface area contributed by atoms with Gasteiger partial charge < -0.3 is 14.7 Å². The summed E-state index contributed by atoms with van der Waals surface area (Å²) in [6, 6.07) is 8.93. The van der Waals surface area contributed by atoms with E-state index in [1.807, 2.05) is 12.1 Å². The van der Waals surface area contributed by atoms with Gasteiger partial charge in [0, 0.05) is 18.1 Å². The van der Waals surface area contributed by atoms with Crippen LogP contribution in [0.3, 0.4) is 0 Å². The SMILES string of the molecule is Cc1cc(NC(=O)CN(C)C(=O)C2(c3ccc(Cl)cc3)CC2)no1. The predicted octanol–water partition coefficient (Wildman–Crippen LogP) is 2.77. The number of nitrogens with zero attached hydrogens (tertiary/aromatic N) is 2. The average Bonchev–Trinajstić information content (AvgIpc) is 3.25. The van der Waals surface area contributed by atoms with Gasteiger partial charge in [0.05, 0.1) is 12.0 Å². The van der Waals surface area contributed by atoms with Crippen molar-refractivity contribution in [1.82, 2.24) is 10.1 Å². The third-order valence-corrected chi connectivity index (χ3v) is 4.43. The molecule has 1 N–H and O–H groups in total. The summed E-state index contributed by atoms with van der Waals surface area (Å²) >= 11 is 5.91. The number of aryl methyl sites for hydroxylation is 1. The zero-order valence-electron chi connectivity index (χ0n) is 13.5. The number of benzene rings is 1. The van der Waals surface area contributed by atoms with Crippen LogP contribution in [-0.4, -0.2) is 35.5 Å². The number of rotatable bonds is 5. The molecule has 1 aromatic heterocycles. The van der Waals surface area contributed by atoms with E-state index >= 15 is 0 Å². The van der Waals surface area contributed by atoms with E-state index in [0.717, 1.165) is 18.4 Å². The molecule has 0 saturated heterocycles. The molecule has 1 aliphatic carbocycles. The van der Waals surface area contributed by atoms with Crippen LogP contribution in [0.1, 0.15) is 24.2 Å². The van der Waals surface area contributed by atoms with Crippen molar-refractivity contribution in [2.24, 2.45) is 0 Å². The maximum Gasteiger partial charge on any atom is 0.245 e. The van der Waals surface area contributed by atoms with Crippen LogP contribution in [0.4, 0.5) is 5.82 Å². The summed E-state index contributed by atoms with van der Waals surface area (Å²) in [5, 5.41) is 6.95. The van der Waals surface area contributed by atoms with Crippen LogP contribution in [-0.2, 0) is 15.0 Å². The standard InChI is InChI=1S/C17H18ClN3O3/c1-11-9-14(20-24-11)19-15(22)10-21(2)16(23)17(7-8-17)12-3-5-13(18)6-4-12/h3-6,9H,7-8,10H2,1-2H3,(H,19,20,22). The van der Waals surface area contributed by atoms with Crippen molar-refractivity contribution in [3.8, 4) is 0 Å². The molecule has 24 heavy (non-hydrogen) atoms. The summed E-state index contributed by atoms with van der Waals surface area (Å²) in [7, 11) is 1.63. The Hall–Kier alpha value is -2.34. The first-order valence-corrected chi connectivity index (χ1v) is 8.03. The van der Waals surface area contributed by atoms with Gasteiger partial charge in [0.15, 0.2) is 5.82 Å². The van der Waals surface area contributed by atoms with E-state index in [9.17, 15) is 9.59 Å². The normalized spacial score (nSPS) is 15.0. The second-order valence-electron chi connectivity index (χ2n) is 6.12. The number of carbonyl (C=O) groups excluding carboxylic acids is 2. The van der Waals surface area contributed by atoms with Crippen molar-refractivity contribution in [2.75, 3.05) is 18.9 Å². The first-order valence-electron chi connectivity index (χ1n) is 7.65. The van der Waals surface area contributed by atoms with E-state index in [-0.39, 0.29) is 18.4 Å². The lowest BCUT2D eigenvalue weighted by Crippen LogP contribution is -2.41. The lowest BCUT2D eigenvalue weighted by Gasteiger charge is -2.23. The van der Waals surface area contributed by atoms with Crippen LogP contribution < -0.4 is 5.32 Å². The van der Waals surface area contributed by atoms with Gasteiger partial charge in [-0.15, -0.1) is 0 Å². The van der Waals surface area contributed by atoms with Gasteiger partial charge in [-0.1, -0.05) is 28.9 Å². The lowest BCUT2D eigenvalue weighted by atomic mass is 9.94. The van der Waals surface area contributed by atoms with E-state index in [0.29, 0.717) is 16.6 Å². The maximum atomic E-state index is 12.8. The maximum absolute atomic E-state index is 12.8. The van der Waals surface area contributed by atoms with Gasteiger partial charge >= 0.3 is 0 Å². The number of halogens is 1. The van der Waals surface area contributed by atoms with E-state index < -0.39 is 5.41 Å². The number of hydrogen-bond donors (Lipinski definition) is 1. The average molecular weight is 348 g/mol. The Morgan fingerprint density at radius 3 is 2.54 bits per heavy atom. The number of amides is 2. The molecule has 0 aliphatic heterocycles. The molecular formula is C17H18ClN3O3. The highest BCUT2D eigenvalue weighted by Gasteiger charge is 2.52. The van der Waals surface area contributed by atoms with E-state index in [1.165, 1.54) is 4.90 Å². The van der Waals surface area contributed by atoms with Gasteiger partial charge in [-0.25, -0.2) is 0 Å². The van der Waals surface area contributed by atoms with Gasteiger partial charge in [-0.2, -0.15) is 0 Å². The number of nitrogens with one attached hydrogen (secondary N) is 1. The van der Waals surface area contributed by atoms with E-state index in [1.54, 1.807) is 32.2 Å². The molecule has 0 radical (unpaired) electrons. The summed E-state index contributed by atoms with van der Waals surface area (Å²) in [6.45, 7) is 1.70. The van der Waals surface area contributed by atoms with Crippen LogP contribution in [0, 0.1) is 6.92 Å². The fourth-order valence-electron chi connectivity index (χ4n) is 2.78. The molecule has 1 heterocycles. The van der Waals surface area contributed by atoms with Crippen LogP contribution in [0.5, 0.6) is 0 Å². The molecule has 7 heteroatoms. The summed E-state index contributed by atoms with van der Waals surface area (Å²) in [5.74, 6) is 0.578. The van der Waals surface area contributed by atoms with Crippen molar-refractivity contribution in [3.63, 3.8) is 0 Å². The zero-order valence-corrected chi connectivity index (χ0v) is 14.3. The quantitative estimate of drug-likeness (QED) is 0.902. The van der Waals surface area contributed by atoms with Crippen LogP contribution in [0.15, 0.2) is 34.9 Å². The fraction of sp³-hybridized carbons (Fsp3) is 0.353. The van der Waals surface area contributed by atoms with E-state index in [4.69, 9.17) is 16.1 Å². The topological polar surface area (TPSA) is 75.4 Å². The zero-order chi connectivity index (χ0) is 17.3. The molecule has 3 rings (SSSR count). The monoisotopic (exact) mass is 347 g/mol. The Labute approximate surface area is 144 Å². The van der Waals surface area contributed by atoms with Crippen molar-refractivity contribution >= 4 is 29.2 Å². The number of anilines is 1. The highest BCUT2D eigenvalue weighted by atomic mass is 35.5. The molecule has 126 valence electrons. The van der Waals surface area contributed by atoms with Crippen LogP contribution in [0.25, 0.3) is 0 Å². The molecule has 2 aromatic rings. The molecule has 0 atom stereocenters. The molecule has 0 unspecified atom stereocenters. The Morgan fingerprint density at radius 1 is 1.33 bits per heavy atom. The molecule has 1 saturated carbocycles. The summed E-state index contributed by atoms with van der Waals surface area (Å²) < 4.78 is 4.89. The molecule has 6 nitrogen and oxygen atoms in total. The van der Waals surface area contributed by atoms with Crippen LogP contribution >= 0.6 is 11.6 Å². The Bertz CT molecular complexity index is 766. The summed E-state index contributed by atoms with van der Waals surface area (Å²) in [5.41, 5.74) is 0.417. The Kier molecular flexibility index (Phi) is 4.32. The summed E-state index contributed by atoms with van der Waals surface area (Å²) in [4.78, 5) is 26.3. The van der Waals surface area contributed by atoms with Gasteiger partial charge in [-0.3, -0.25) is 9.59 Å². The van der Waals surface area contributed by atoms with Crippen molar-refractivity contribution < 1.29 is 14.1 Å². The van der Waals surface area contributed by atoms with Gasteiger partial charge in [0.25, 0.3) is 0 Å². The van der Waals surface area contributed by atoms with Crippen molar-refractivity contribution in [3.05, 3.63) is 46.7 Å². The van der Waals surface area contributed by atoms with Crippen molar-refractivity contribution in [1.29, 1.82) is 0 Å². The molecular weight excluding hydrogens is 330 g/mol. The second-order valence-corrected chi connectivity index (χ2v) is 6.56. The van der Waals surface area contributed by atoms with Gasteiger partial charge in [0.2, 0.25) is 11.8 Å². The van der Waals surface area contributed by atoms with Gasteiger partial charge in [0.1, 0.15) is 5.76 Å². The lowest BCUT2D eigenvalue weighted by molar-refractivity contribution is -0.135. The molecule has 1 aliphatic rings. The largest absolute Gasteiger partial charge is 0.360 e. The first-order chi connectivity index (χ1) is 11.4. The molecule has 0 spiro atoms. The molecule has 1 fully saturated rings. The Morgan fingerprint density at radius 2 is 2.00 bits per heavy atom. The smallest absolute Gasteiger partial charge is 0.245 e.